The van der Waals surface area contributed by atoms with Crippen molar-refractivity contribution in [1.29, 1.82) is 0 Å². The summed E-state index contributed by atoms with van der Waals surface area (Å²) in [6, 6.07) is 52.6. The third-order valence-electron chi connectivity index (χ3n) is 10.0. The van der Waals surface area contributed by atoms with Crippen LogP contribution in [-0.4, -0.2) is 19.1 Å². The van der Waals surface area contributed by atoms with Gasteiger partial charge in [0.05, 0.1) is 27.8 Å². The van der Waals surface area contributed by atoms with E-state index >= 15 is 0 Å². The molecule has 4 heteroatoms. The molecule has 3 heterocycles. The lowest BCUT2D eigenvalue weighted by molar-refractivity contribution is 0.959. The normalized spacial score (nSPS) is 12.2. The number of fused-ring (bicyclic) bond motifs is 7. The predicted octanol–water partition coefficient (Wildman–Crippen LogP) is 10.6. The Bertz CT molecular complexity index is 2710. The van der Waals surface area contributed by atoms with Crippen LogP contribution in [0, 0.1) is 0 Å². The summed E-state index contributed by atoms with van der Waals surface area (Å²) < 4.78 is 4.60. The minimum Gasteiger partial charge on any atom is -0.327 e. The summed E-state index contributed by atoms with van der Waals surface area (Å²) in [6.07, 6.45) is 2.83. The number of pyridine rings is 1. The molecule has 0 bridgehead atoms. The first-order valence-corrected chi connectivity index (χ1v) is 16.4. The fourth-order valence-corrected chi connectivity index (χ4v) is 7.68. The van der Waals surface area contributed by atoms with E-state index in [0.717, 1.165) is 51.3 Å². The lowest BCUT2D eigenvalue weighted by Crippen LogP contribution is -1.96. The molecule has 10 rings (SSSR count). The first kappa shape index (κ1) is 26.9. The third kappa shape index (κ3) is 4.09. The highest BCUT2D eigenvalue weighted by Crippen LogP contribution is 2.41. The fraction of sp³-hybridized carbons (Fsp3) is 0.0455. The van der Waals surface area contributed by atoms with E-state index in [2.05, 4.69) is 149 Å². The lowest BCUT2D eigenvalue weighted by Gasteiger charge is -2.12. The Kier molecular flexibility index (Phi) is 5.82. The van der Waals surface area contributed by atoms with Gasteiger partial charge in [-0.25, -0.2) is 4.98 Å². The average Bonchev–Trinajstić information content (AvgIpc) is 3.80. The summed E-state index contributed by atoms with van der Waals surface area (Å²) in [7, 11) is 2.10. The second-order valence-electron chi connectivity index (χ2n) is 12.8. The van der Waals surface area contributed by atoms with Crippen LogP contribution in [0.2, 0.25) is 0 Å². The zero-order valence-corrected chi connectivity index (χ0v) is 26.4. The minimum atomic E-state index is 0.956. The van der Waals surface area contributed by atoms with Gasteiger partial charge in [0.2, 0.25) is 0 Å². The van der Waals surface area contributed by atoms with E-state index in [4.69, 9.17) is 4.98 Å². The molecule has 0 N–H and O–H groups in total. The van der Waals surface area contributed by atoms with Gasteiger partial charge < -0.3 is 9.13 Å². The van der Waals surface area contributed by atoms with Crippen molar-refractivity contribution in [1.82, 2.24) is 19.1 Å². The summed E-state index contributed by atoms with van der Waals surface area (Å²) in [5, 5.41) is 2.44. The number of rotatable bonds is 4. The van der Waals surface area contributed by atoms with Gasteiger partial charge in [0, 0.05) is 40.8 Å². The summed E-state index contributed by atoms with van der Waals surface area (Å²) in [4.78, 5) is 9.70. The number of aryl methyl sites for hydroxylation is 1. The highest BCUT2D eigenvalue weighted by Gasteiger charge is 2.20. The Morgan fingerprint density at radius 3 is 2.10 bits per heavy atom. The molecule has 0 atom stereocenters. The summed E-state index contributed by atoms with van der Waals surface area (Å²) in [5.74, 6) is 0.956. The molecule has 9 aromatic rings. The van der Waals surface area contributed by atoms with Crippen LogP contribution in [0.25, 0.3) is 83.4 Å². The van der Waals surface area contributed by atoms with Gasteiger partial charge in [-0.3, -0.25) is 4.98 Å². The standard InChI is InChI=1S/C44H30N4/c1-47-41-15-5-4-14-40(41)46-44(47)32-18-21-38-37-20-17-29(28-16-19-36-33(23-28)24-30-9-2-3-12-35(30)36)26-42(37)48(43(38)27-32)34-11-8-10-31(25-34)39-13-6-7-22-45-39/h2-23,25-27H,24H2,1H3. The van der Waals surface area contributed by atoms with Crippen molar-refractivity contribution in [3.8, 4) is 50.6 Å². The van der Waals surface area contributed by atoms with Crippen LogP contribution in [0.3, 0.4) is 0 Å². The molecule has 0 radical (unpaired) electrons. The van der Waals surface area contributed by atoms with Crippen LogP contribution in [0.1, 0.15) is 11.1 Å². The van der Waals surface area contributed by atoms with Gasteiger partial charge in [-0.2, -0.15) is 0 Å². The van der Waals surface area contributed by atoms with Crippen molar-refractivity contribution in [2.45, 2.75) is 6.42 Å². The Hall–Kier alpha value is -6.26. The van der Waals surface area contributed by atoms with Gasteiger partial charge in [0.15, 0.2) is 0 Å². The van der Waals surface area contributed by atoms with E-state index in [0.29, 0.717) is 0 Å². The van der Waals surface area contributed by atoms with Gasteiger partial charge in [0.1, 0.15) is 5.82 Å². The molecule has 48 heavy (non-hydrogen) atoms. The zero-order chi connectivity index (χ0) is 31.8. The average molecular weight is 615 g/mol. The number of imidazole rings is 1. The maximum atomic E-state index is 5.04. The number of hydrogen-bond acceptors (Lipinski definition) is 2. The molecule has 6 aromatic carbocycles. The molecule has 1 aliphatic carbocycles. The second-order valence-corrected chi connectivity index (χ2v) is 12.8. The van der Waals surface area contributed by atoms with Crippen LogP contribution in [0.4, 0.5) is 0 Å². The number of benzene rings is 6. The zero-order valence-electron chi connectivity index (χ0n) is 26.4. The quantitative estimate of drug-likeness (QED) is 0.198. The van der Waals surface area contributed by atoms with E-state index in [1.54, 1.807) is 0 Å². The molecule has 0 spiro atoms. The summed E-state index contributed by atoms with van der Waals surface area (Å²) in [5.41, 5.74) is 16.6. The van der Waals surface area contributed by atoms with Crippen molar-refractivity contribution in [2.24, 2.45) is 7.05 Å². The van der Waals surface area contributed by atoms with Gasteiger partial charge in [0.25, 0.3) is 0 Å². The van der Waals surface area contributed by atoms with E-state index in [1.807, 2.05) is 24.4 Å². The Morgan fingerprint density at radius 1 is 0.521 bits per heavy atom. The molecule has 0 aliphatic heterocycles. The molecule has 4 nitrogen and oxygen atoms in total. The van der Waals surface area contributed by atoms with Gasteiger partial charge >= 0.3 is 0 Å². The number of aromatic nitrogens is 4. The number of hydrogen-bond donors (Lipinski definition) is 0. The van der Waals surface area contributed by atoms with Crippen molar-refractivity contribution in [2.75, 3.05) is 0 Å². The maximum absolute atomic E-state index is 5.04. The summed E-state index contributed by atoms with van der Waals surface area (Å²) >= 11 is 0. The lowest BCUT2D eigenvalue weighted by atomic mass is 9.98. The van der Waals surface area contributed by atoms with Crippen LogP contribution in [0.15, 0.2) is 152 Å². The maximum Gasteiger partial charge on any atom is 0.140 e. The van der Waals surface area contributed by atoms with E-state index < -0.39 is 0 Å². The third-order valence-corrected chi connectivity index (χ3v) is 10.0. The summed E-state index contributed by atoms with van der Waals surface area (Å²) in [6.45, 7) is 0. The molecule has 0 amide bonds. The first-order valence-electron chi connectivity index (χ1n) is 16.4. The molecule has 0 saturated heterocycles. The van der Waals surface area contributed by atoms with Gasteiger partial charge in [-0.15, -0.1) is 0 Å². The van der Waals surface area contributed by atoms with Crippen LogP contribution < -0.4 is 0 Å². The van der Waals surface area contributed by atoms with Gasteiger partial charge in [-0.05, 0) is 88.3 Å². The smallest absolute Gasteiger partial charge is 0.140 e. The van der Waals surface area contributed by atoms with Crippen molar-refractivity contribution in [3.05, 3.63) is 163 Å². The van der Waals surface area contributed by atoms with E-state index in [1.165, 1.54) is 49.7 Å². The topological polar surface area (TPSA) is 35.6 Å². The SMILES string of the molecule is Cn1c(-c2ccc3c4ccc(-c5ccc6c(c5)Cc5ccccc5-6)cc4n(-c4cccc(-c5ccccn5)c4)c3c2)nc2ccccc21. The first-order chi connectivity index (χ1) is 23.7. The molecule has 0 fully saturated rings. The number of para-hydroxylation sites is 2. The highest BCUT2D eigenvalue weighted by atomic mass is 15.1. The molecule has 3 aromatic heterocycles. The number of nitrogens with zero attached hydrogens (tertiary/aromatic N) is 4. The van der Waals surface area contributed by atoms with Crippen LogP contribution in [-0.2, 0) is 13.5 Å². The predicted molar refractivity (Wildman–Crippen MR) is 197 cm³/mol. The van der Waals surface area contributed by atoms with E-state index in [-0.39, 0.29) is 0 Å². The van der Waals surface area contributed by atoms with Gasteiger partial charge in [-0.1, -0.05) is 97.1 Å². The Morgan fingerprint density at radius 2 is 1.25 bits per heavy atom. The van der Waals surface area contributed by atoms with Crippen LogP contribution >= 0.6 is 0 Å². The van der Waals surface area contributed by atoms with Crippen LogP contribution in [0.5, 0.6) is 0 Å². The minimum absolute atomic E-state index is 0.956. The van der Waals surface area contributed by atoms with E-state index in [9.17, 15) is 0 Å². The molecular formula is C44H30N4. The second kappa shape index (κ2) is 10.4. The highest BCUT2D eigenvalue weighted by molar-refractivity contribution is 6.11. The molecule has 0 saturated carbocycles. The molecular weight excluding hydrogens is 585 g/mol. The van der Waals surface area contributed by atoms with Crippen molar-refractivity contribution in [3.63, 3.8) is 0 Å². The molecule has 226 valence electrons. The Labute approximate surface area is 278 Å². The van der Waals surface area contributed by atoms with Crippen molar-refractivity contribution < 1.29 is 0 Å². The molecule has 0 unspecified atom stereocenters. The Balaban J connectivity index is 1.19. The fourth-order valence-electron chi connectivity index (χ4n) is 7.68. The molecule has 1 aliphatic rings. The monoisotopic (exact) mass is 614 g/mol. The van der Waals surface area contributed by atoms with Crippen molar-refractivity contribution >= 4 is 32.8 Å². The largest absolute Gasteiger partial charge is 0.327 e.